The summed E-state index contributed by atoms with van der Waals surface area (Å²) in [5.74, 6) is 0.843. The molecule has 3 rings (SSSR count). The Labute approximate surface area is 124 Å². The number of carbonyl (C=O) groups excluding carboxylic acids is 2. The molecule has 0 atom stereocenters. The van der Waals surface area contributed by atoms with E-state index in [9.17, 15) is 9.59 Å². The summed E-state index contributed by atoms with van der Waals surface area (Å²) in [6, 6.07) is 9.88. The molecule has 1 aliphatic heterocycles. The second-order valence-electron chi connectivity index (χ2n) is 5.55. The van der Waals surface area contributed by atoms with Crippen molar-refractivity contribution in [3.8, 4) is 5.75 Å². The molecule has 5 nitrogen and oxygen atoms in total. The van der Waals surface area contributed by atoms with E-state index in [0.717, 1.165) is 18.6 Å². The van der Waals surface area contributed by atoms with Crippen LogP contribution in [0.3, 0.4) is 0 Å². The van der Waals surface area contributed by atoms with Gasteiger partial charge >= 0.3 is 0 Å². The fourth-order valence-corrected chi connectivity index (χ4v) is 2.60. The smallest absolute Gasteiger partial charge is 0.242 e. The van der Waals surface area contributed by atoms with Gasteiger partial charge in [0.25, 0.3) is 0 Å². The summed E-state index contributed by atoms with van der Waals surface area (Å²) < 4.78 is 5.52. The van der Waals surface area contributed by atoms with Gasteiger partial charge in [0.05, 0.1) is 19.6 Å². The SMILES string of the molecule is O=C(CCOc1ccccc1)N1CCN(C2CC2)C(=O)C1. The molecule has 112 valence electrons. The van der Waals surface area contributed by atoms with Gasteiger partial charge in [0, 0.05) is 19.1 Å². The molecule has 0 N–H and O–H groups in total. The molecule has 1 saturated heterocycles. The molecule has 2 aliphatic rings. The number of piperazine rings is 1. The summed E-state index contributed by atoms with van der Waals surface area (Å²) in [6.45, 7) is 1.89. The molecular weight excluding hydrogens is 268 g/mol. The number of hydrogen-bond acceptors (Lipinski definition) is 3. The number of amides is 2. The van der Waals surface area contributed by atoms with Crippen molar-refractivity contribution in [2.75, 3.05) is 26.2 Å². The highest BCUT2D eigenvalue weighted by atomic mass is 16.5. The molecular formula is C16H20N2O3. The lowest BCUT2D eigenvalue weighted by Gasteiger charge is -2.34. The van der Waals surface area contributed by atoms with Gasteiger partial charge < -0.3 is 14.5 Å². The van der Waals surface area contributed by atoms with Crippen LogP contribution in [0.15, 0.2) is 30.3 Å². The van der Waals surface area contributed by atoms with Crippen molar-refractivity contribution in [2.24, 2.45) is 0 Å². The van der Waals surface area contributed by atoms with Crippen molar-refractivity contribution in [1.29, 1.82) is 0 Å². The summed E-state index contributed by atoms with van der Waals surface area (Å²) in [6.07, 6.45) is 2.54. The maximum atomic E-state index is 12.1. The van der Waals surface area contributed by atoms with Gasteiger partial charge in [-0.15, -0.1) is 0 Å². The van der Waals surface area contributed by atoms with Crippen molar-refractivity contribution in [3.05, 3.63) is 30.3 Å². The molecule has 0 unspecified atom stereocenters. The number of nitrogens with zero attached hydrogens (tertiary/aromatic N) is 2. The second-order valence-corrected chi connectivity index (χ2v) is 5.55. The number of carbonyl (C=O) groups is 2. The minimum atomic E-state index is -0.00488. The summed E-state index contributed by atoms with van der Waals surface area (Å²) in [4.78, 5) is 27.7. The van der Waals surface area contributed by atoms with Gasteiger partial charge in [-0.3, -0.25) is 9.59 Å². The van der Waals surface area contributed by atoms with E-state index in [-0.39, 0.29) is 18.4 Å². The Morgan fingerprint density at radius 2 is 1.95 bits per heavy atom. The molecule has 1 aromatic carbocycles. The number of hydrogen-bond donors (Lipinski definition) is 0. The predicted octanol–water partition coefficient (Wildman–Crippen LogP) is 1.29. The first-order valence-electron chi connectivity index (χ1n) is 7.49. The van der Waals surface area contributed by atoms with Crippen molar-refractivity contribution in [1.82, 2.24) is 9.80 Å². The van der Waals surface area contributed by atoms with Crippen LogP contribution in [-0.2, 0) is 9.59 Å². The lowest BCUT2D eigenvalue weighted by atomic mass is 10.2. The zero-order valence-electron chi connectivity index (χ0n) is 12.0. The predicted molar refractivity (Wildman–Crippen MR) is 77.9 cm³/mol. The van der Waals surface area contributed by atoms with Crippen LogP contribution in [0.2, 0.25) is 0 Å². The molecule has 1 saturated carbocycles. The van der Waals surface area contributed by atoms with Crippen LogP contribution in [0, 0.1) is 0 Å². The lowest BCUT2D eigenvalue weighted by molar-refractivity contribution is -0.146. The van der Waals surface area contributed by atoms with Gasteiger partial charge in [0.2, 0.25) is 11.8 Å². The average Bonchev–Trinajstić information content (AvgIpc) is 3.33. The standard InChI is InChI=1S/C16H20N2O3/c19-15(8-11-21-14-4-2-1-3-5-14)17-9-10-18(13-6-7-13)16(20)12-17/h1-5,13H,6-12H2. The Balaban J connectivity index is 1.42. The topological polar surface area (TPSA) is 49.9 Å². The van der Waals surface area contributed by atoms with Crippen LogP contribution in [0.25, 0.3) is 0 Å². The maximum Gasteiger partial charge on any atom is 0.242 e. The fraction of sp³-hybridized carbons (Fsp3) is 0.500. The molecule has 0 aromatic heterocycles. The third kappa shape index (κ3) is 3.54. The molecule has 5 heteroatoms. The first-order chi connectivity index (χ1) is 10.2. The summed E-state index contributed by atoms with van der Waals surface area (Å²) >= 11 is 0. The molecule has 0 radical (unpaired) electrons. The minimum absolute atomic E-state index is 0.00488. The molecule has 1 aromatic rings. The van der Waals surface area contributed by atoms with Crippen LogP contribution in [0.4, 0.5) is 0 Å². The summed E-state index contributed by atoms with van der Waals surface area (Å²) in [5, 5.41) is 0. The zero-order chi connectivity index (χ0) is 14.7. The lowest BCUT2D eigenvalue weighted by Crippen LogP contribution is -2.53. The number of benzene rings is 1. The Hall–Kier alpha value is -2.04. The van der Waals surface area contributed by atoms with Crippen molar-refractivity contribution in [3.63, 3.8) is 0 Å². The quantitative estimate of drug-likeness (QED) is 0.820. The highest BCUT2D eigenvalue weighted by Crippen LogP contribution is 2.28. The van der Waals surface area contributed by atoms with Crippen molar-refractivity contribution >= 4 is 11.8 Å². The van der Waals surface area contributed by atoms with Gasteiger partial charge in [-0.25, -0.2) is 0 Å². The minimum Gasteiger partial charge on any atom is -0.493 e. The van der Waals surface area contributed by atoms with Crippen LogP contribution in [0.5, 0.6) is 5.75 Å². The first kappa shape index (κ1) is 13.9. The zero-order valence-corrected chi connectivity index (χ0v) is 12.0. The van der Waals surface area contributed by atoms with Crippen LogP contribution in [0.1, 0.15) is 19.3 Å². The number of para-hydroxylation sites is 1. The Morgan fingerprint density at radius 1 is 1.19 bits per heavy atom. The maximum absolute atomic E-state index is 12.1. The van der Waals surface area contributed by atoms with Crippen molar-refractivity contribution in [2.45, 2.75) is 25.3 Å². The van der Waals surface area contributed by atoms with E-state index >= 15 is 0 Å². The molecule has 1 heterocycles. The fourth-order valence-electron chi connectivity index (χ4n) is 2.60. The highest BCUT2D eigenvalue weighted by molar-refractivity contribution is 5.86. The van der Waals surface area contributed by atoms with Crippen molar-refractivity contribution < 1.29 is 14.3 Å². The average molecular weight is 288 g/mol. The highest BCUT2D eigenvalue weighted by Gasteiger charge is 2.36. The molecule has 2 amide bonds. The van der Waals surface area contributed by atoms with E-state index in [2.05, 4.69) is 0 Å². The Morgan fingerprint density at radius 3 is 2.62 bits per heavy atom. The number of rotatable bonds is 5. The van der Waals surface area contributed by atoms with Crippen LogP contribution < -0.4 is 4.74 Å². The van der Waals surface area contributed by atoms with E-state index in [1.54, 1.807) is 4.90 Å². The molecule has 0 spiro atoms. The van der Waals surface area contributed by atoms with Crippen LogP contribution >= 0.6 is 0 Å². The second kappa shape index (κ2) is 6.16. The Bertz CT molecular complexity index is 514. The molecule has 0 bridgehead atoms. The molecule has 21 heavy (non-hydrogen) atoms. The van der Waals surface area contributed by atoms with Gasteiger partial charge in [0.1, 0.15) is 5.75 Å². The third-order valence-corrected chi connectivity index (χ3v) is 3.93. The van der Waals surface area contributed by atoms with Crippen LogP contribution in [-0.4, -0.2) is 53.9 Å². The molecule has 2 fully saturated rings. The van der Waals surface area contributed by atoms with Gasteiger partial charge in [-0.2, -0.15) is 0 Å². The van der Waals surface area contributed by atoms with E-state index < -0.39 is 0 Å². The summed E-state index contributed by atoms with van der Waals surface area (Å²) in [5.41, 5.74) is 0. The Kier molecular flexibility index (Phi) is 4.08. The van der Waals surface area contributed by atoms with E-state index in [1.807, 2.05) is 35.2 Å². The number of ether oxygens (including phenoxy) is 1. The third-order valence-electron chi connectivity index (χ3n) is 3.93. The van der Waals surface area contributed by atoms with Gasteiger partial charge in [-0.1, -0.05) is 18.2 Å². The monoisotopic (exact) mass is 288 g/mol. The molecule has 1 aliphatic carbocycles. The van der Waals surface area contributed by atoms with E-state index in [1.165, 1.54) is 0 Å². The van der Waals surface area contributed by atoms with E-state index in [0.29, 0.717) is 32.2 Å². The first-order valence-corrected chi connectivity index (χ1v) is 7.49. The normalized spacial score (nSPS) is 18.8. The van der Waals surface area contributed by atoms with Gasteiger partial charge in [-0.05, 0) is 25.0 Å². The summed E-state index contributed by atoms with van der Waals surface area (Å²) in [7, 11) is 0. The largest absolute Gasteiger partial charge is 0.493 e. The van der Waals surface area contributed by atoms with Gasteiger partial charge in [0.15, 0.2) is 0 Å². The van der Waals surface area contributed by atoms with E-state index in [4.69, 9.17) is 4.74 Å².